The van der Waals surface area contributed by atoms with Crippen LogP contribution in [0.25, 0.3) is 0 Å². The van der Waals surface area contributed by atoms with E-state index in [2.05, 4.69) is 0 Å². The topological polar surface area (TPSA) is 29.5 Å². The van der Waals surface area contributed by atoms with Crippen molar-refractivity contribution in [3.8, 4) is 5.75 Å². The maximum atomic E-state index is 9.30. The molecule has 0 heterocycles. The van der Waals surface area contributed by atoms with Crippen molar-refractivity contribution < 1.29 is 9.84 Å². The fraction of sp³-hybridized carbons (Fsp3) is 0.167. The molecule has 0 aliphatic heterocycles. The van der Waals surface area contributed by atoms with Gasteiger partial charge in [0.1, 0.15) is 11.5 Å². The first-order chi connectivity index (χ1) is 6.84. The molecule has 0 unspecified atom stereocenters. The summed E-state index contributed by atoms with van der Waals surface area (Å²) in [6.45, 7) is 0. The Morgan fingerprint density at radius 2 is 1.93 bits per heavy atom. The standard InChI is InChI=1S/C12H12O2/c13-10-5-4-8-12(9-10)14-11-6-2-1-3-7-11/h1-3,6-9,13H,4-5H2. The molecule has 1 N–H and O–H groups in total. The lowest BCUT2D eigenvalue weighted by Crippen LogP contribution is -1.98. The van der Waals surface area contributed by atoms with Crippen LogP contribution in [0, 0.1) is 0 Å². The van der Waals surface area contributed by atoms with Crippen LogP contribution in [-0.2, 0) is 0 Å². The fourth-order valence-corrected chi connectivity index (χ4v) is 1.35. The summed E-state index contributed by atoms with van der Waals surface area (Å²) in [5.41, 5.74) is 0. The molecule has 2 nitrogen and oxygen atoms in total. The van der Waals surface area contributed by atoms with Crippen molar-refractivity contribution in [1.29, 1.82) is 0 Å². The van der Waals surface area contributed by atoms with Gasteiger partial charge in [0.05, 0.1) is 5.76 Å². The second-order valence-electron chi connectivity index (χ2n) is 3.20. The van der Waals surface area contributed by atoms with Crippen LogP contribution in [0.2, 0.25) is 0 Å². The average molecular weight is 188 g/mol. The average Bonchev–Trinajstić information content (AvgIpc) is 2.19. The van der Waals surface area contributed by atoms with Gasteiger partial charge >= 0.3 is 0 Å². The Kier molecular flexibility index (Phi) is 2.54. The number of allylic oxidation sites excluding steroid dienone is 3. The molecular weight excluding hydrogens is 176 g/mol. The molecule has 2 heteroatoms. The summed E-state index contributed by atoms with van der Waals surface area (Å²) in [7, 11) is 0. The molecule has 0 aromatic heterocycles. The van der Waals surface area contributed by atoms with E-state index in [4.69, 9.17) is 4.74 Å². The molecule has 1 aromatic carbocycles. The van der Waals surface area contributed by atoms with E-state index in [1.165, 1.54) is 0 Å². The van der Waals surface area contributed by atoms with E-state index in [1.807, 2.05) is 36.4 Å². The lowest BCUT2D eigenvalue weighted by molar-refractivity contribution is 0.368. The SMILES string of the molecule is OC1=CC(Oc2ccccc2)=CCC1. The summed E-state index contributed by atoms with van der Waals surface area (Å²) in [4.78, 5) is 0. The molecule has 1 aliphatic rings. The first-order valence-corrected chi connectivity index (χ1v) is 4.67. The van der Waals surface area contributed by atoms with Gasteiger partial charge in [0.25, 0.3) is 0 Å². The van der Waals surface area contributed by atoms with Gasteiger partial charge in [-0.15, -0.1) is 0 Å². The first kappa shape index (κ1) is 8.88. The molecule has 0 spiro atoms. The van der Waals surface area contributed by atoms with Gasteiger partial charge in [-0.3, -0.25) is 0 Å². The van der Waals surface area contributed by atoms with Crippen molar-refractivity contribution in [3.05, 3.63) is 54.0 Å². The van der Waals surface area contributed by atoms with Gasteiger partial charge in [0, 0.05) is 12.5 Å². The zero-order valence-electron chi connectivity index (χ0n) is 7.81. The summed E-state index contributed by atoms with van der Waals surface area (Å²) >= 11 is 0. The third-order valence-corrected chi connectivity index (χ3v) is 2.03. The molecule has 1 aliphatic carbocycles. The number of benzene rings is 1. The van der Waals surface area contributed by atoms with Crippen molar-refractivity contribution in [2.45, 2.75) is 12.8 Å². The minimum atomic E-state index is 0.387. The number of para-hydroxylation sites is 1. The third kappa shape index (κ3) is 2.16. The van der Waals surface area contributed by atoms with E-state index in [0.717, 1.165) is 17.9 Å². The summed E-state index contributed by atoms with van der Waals surface area (Å²) in [5.74, 6) is 1.91. The van der Waals surface area contributed by atoms with Crippen molar-refractivity contribution in [3.63, 3.8) is 0 Å². The van der Waals surface area contributed by atoms with E-state index in [1.54, 1.807) is 6.08 Å². The van der Waals surface area contributed by atoms with Crippen LogP contribution in [0.4, 0.5) is 0 Å². The minimum absolute atomic E-state index is 0.387. The normalized spacial score (nSPS) is 15.7. The number of aliphatic hydroxyl groups is 1. The van der Waals surface area contributed by atoms with Crippen LogP contribution in [0.15, 0.2) is 54.0 Å². The molecule has 0 radical (unpaired) electrons. The van der Waals surface area contributed by atoms with Crippen LogP contribution in [0.1, 0.15) is 12.8 Å². The minimum Gasteiger partial charge on any atom is -0.512 e. The van der Waals surface area contributed by atoms with E-state index >= 15 is 0 Å². The zero-order valence-corrected chi connectivity index (χ0v) is 7.81. The maximum absolute atomic E-state index is 9.30. The van der Waals surface area contributed by atoms with E-state index in [0.29, 0.717) is 12.2 Å². The molecule has 72 valence electrons. The highest BCUT2D eigenvalue weighted by atomic mass is 16.5. The molecule has 0 saturated carbocycles. The molecule has 1 aromatic rings. The van der Waals surface area contributed by atoms with Gasteiger partial charge < -0.3 is 9.84 Å². The number of hydrogen-bond acceptors (Lipinski definition) is 2. The Morgan fingerprint density at radius 1 is 1.14 bits per heavy atom. The monoisotopic (exact) mass is 188 g/mol. The summed E-state index contributed by atoms with van der Waals surface area (Å²) < 4.78 is 5.55. The Bertz CT molecular complexity index is 363. The van der Waals surface area contributed by atoms with Crippen LogP contribution < -0.4 is 4.74 Å². The molecule has 0 bridgehead atoms. The van der Waals surface area contributed by atoms with E-state index in [9.17, 15) is 5.11 Å². The Labute approximate surface area is 83.1 Å². The second-order valence-corrected chi connectivity index (χ2v) is 3.20. The molecule has 0 atom stereocenters. The number of rotatable bonds is 2. The Balaban J connectivity index is 2.09. The Morgan fingerprint density at radius 3 is 2.64 bits per heavy atom. The van der Waals surface area contributed by atoms with Gasteiger partial charge in [0.15, 0.2) is 0 Å². The fourth-order valence-electron chi connectivity index (χ4n) is 1.35. The van der Waals surface area contributed by atoms with Gasteiger partial charge in [-0.05, 0) is 24.6 Å². The van der Waals surface area contributed by atoms with Gasteiger partial charge in [-0.25, -0.2) is 0 Å². The van der Waals surface area contributed by atoms with E-state index in [-0.39, 0.29) is 0 Å². The third-order valence-electron chi connectivity index (χ3n) is 2.03. The summed E-state index contributed by atoms with van der Waals surface area (Å²) in [6, 6.07) is 9.56. The van der Waals surface area contributed by atoms with Crippen LogP contribution in [-0.4, -0.2) is 5.11 Å². The van der Waals surface area contributed by atoms with Gasteiger partial charge in [-0.1, -0.05) is 18.2 Å². The highest BCUT2D eigenvalue weighted by Gasteiger charge is 2.05. The summed E-state index contributed by atoms with van der Waals surface area (Å²) in [5, 5.41) is 9.30. The van der Waals surface area contributed by atoms with Crippen molar-refractivity contribution in [2.75, 3.05) is 0 Å². The molecular formula is C12H12O2. The number of ether oxygens (including phenoxy) is 1. The van der Waals surface area contributed by atoms with Crippen molar-refractivity contribution in [2.24, 2.45) is 0 Å². The molecule has 14 heavy (non-hydrogen) atoms. The van der Waals surface area contributed by atoms with E-state index < -0.39 is 0 Å². The predicted molar refractivity (Wildman–Crippen MR) is 55.1 cm³/mol. The quantitative estimate of drug-likeness (QED) is 0.772. The van der Waals surface area contributed by atoms with Crippen molar-refractivity contribution >= 4 is 0 Å². The predicted octanol–water partition coefficient (Wildman–Crippen LogP) is 3.19. The smallest absolute Gasteiger partial charge is 0.127 e. The first-order valence-electron chi connectivity index (χ1n) is 4.67. The zero-order chi connectivity index (χ0) is 9.80. The largest absolute Gasteiger partial charge is 0.512 e. The maximum Gasteiger partial charge on any atom is 0.127 e. The molecule has 0 fully saturated rings. The number of aliphatic hydroxyl groups excluding tert-OH is 1. The molecule has 0 saturated heterocycles. The lowest BCUT2D eigenvalue weighted by Gasteiger charge is -2.10. The summed E-state index contributed by atoms with van der Waals surface area (Å²) in [6.07, 6.45) is 5.19. The second kappa shape index (κ2) is 4.01. The van der Waals surface area contributed by atoms with Crippen LogP contribution >= 0.6 is 0 Å². The van der Waals surface area contributed by atoms with Crippen LogP contribution in [0.3, 0.4) is 0 Å². The molecule has 2 rings (SSSR count). The van der Waals surface area contributed by atoms with Crippen molar-refractivity contribution in [1.82, 2.24) is 0 Å². The van der Waals surface area contributed by atoms with Gasteiger partial charge in [-0.2, -0.15) is 0 Å². The Hall–Kier alpha value is -1.70. The highest BCUT2D eigenvalue weighted by molar-refractivity contribution is 5.28. The highest BCUT2D eigenvalue weighted by Crippen LogP contribution is 2.19. The number of hydrogen-bond donors (Lipinski definition) is 1. The van der Waals surface area contributed by atoms with Crippen LogP contribution in [0.5, 0.6) is 5.75 Å². The lowest BCUT2D eigenvalue weighted by atomic mass is 10.1. The van der Waals surface area contributed by atoms with Gasteiger partial charge in [0.2, 0.25) is 0 Å². The molecule has 0 amide bonds.